The lowest BCUT2D eigenvalue weighted by Crippen LogP contribution is -2.45. The van der Waals surface area contributed by atoms with E-state index < -0.39 is 22.2 Å². The molecule has 2 aliphatic rings. The van der Waals surface area contributed by atoms with Gasteiger partial charge in [-0.05, 0) is 18.6 Å². The van der Waals surface area contributed by atoms with Crippen molar-refractivity contribution in [2.24, 2.45) is 11.3 Å². The van der Waals surface area contributed by atoms with Gasteiger partial charge in [-0.3, -0.25) is 13.8 Å². The highest BCUT2D eigenvalue weighted by molar-refractivity contribution is 7.85. The largest absolute Gasteiger partial charge is 0.481 e. The van der Waals surface area contributed by atoms with Gasteiger partial charge in [0.05, 0.1) is 33.3 Å². The van der Waals surface area contributed by atoms with E-state index in [1.54, 1.807) is 36.1 Å². The molecule has 1 unspecified atom stereocenters. The first-order chi connectivity index (χ1) is 11.5. The number of ether oxygens (including phenoxy) is 1. The quantitative estimate of drug-likeness (QED) is 0.886. The Labute approximate surface area is 143 Å². The highest BCUT2D eigenvalue weighted by Crippen LogP contribution is 2.43. The number of carbonyl (C=O) groups is 2. The summed E-state index contributed by atoms with van der Waals surface area (Å²) in [4.78, 5) is 26.9. The predicted molar refractivity (Wildman–Crippen MR) is 88.3 cm³/mol. The van der Waals surface area contributed by atoms with Crippen LogP contribution in [0.1, 0.15) is 23.7 Å². The van der Waals surface area contributed by atoms with Gasteiger partial charge in [0.25, 0.3) is 5.91 Å². The van der Waals surface area contributed by atoms with E-state index in [-0.39, 0.29) is 18.4 Å². The van der Waals surface area contributed by atoms with Gasteiger partial charge in [0.1, 0.15) is 0 Å². The van der Waals surface area contributed by atoms with Crippen molar-refractivity contribution in [1.29, 1.82) is 0 Å². The zero-order chi connectivity index (χ0) is 17.3. The highest BCUT2D eigenvalue weighted by atomic mass is 32.2. The number of carbonyl (C=O) groups excluding carboxylic acids is 1. The Balaban J connectivity index is 1.90. The van der Waals surface area contributed by atoms with Gasteiger partial charge in [0.15, 0.2) is 0 Å². The number of rotatable bonds is 4. The number of nitrogens with zero attached hydrogens (tertiary/aromatic N) is 1. The summed E-state index contributed by atoms with van der Waals surface area (Å²) in [5.74, 6) is -0.879. The van der Waals surface area contributed by atoms with Gasteiger partial charge in [0.2, 0.25) is 0 Å². The van der Waals surface area contributed by atoms with Crippen LogP contribution in [0.5, 0.6) is 0 Å². The molecule has 0 spiro atoms. The minimum atomic E-state index is -1.24. The minimum Gasteiger partial charge on any atom is -0.481 e. The molecule has 130 valence electrons. The van der Waals surface area contributed by atoms with Gasteiger partial charge in [-0.15, -0.1) is 0 Å². The number of hydrogen-bond acceptors (Lipinski definition) is 4. The highest BCUT2D eigenvalue weighted by Gasteiger charge is 2.55. The number of carboxylic acid groups (broad SMARTS) is 1. The number of benzene rings is 1. The molecule has 2 saturated heterocycles. The normalized spacial score (nSPS) is 27.5. The number of carboxylic acids is 1. The minimum absolute atomic E-state index is 0.183. The Bertz CT molecular complexity index is 691. The van der Waals surface area contributed by atoms with Crippen molar-refractivity contribution in [2.45, 2.75) is 18.2 Å². The maximum atomic E-state index is 13.0. The van der Waals surface area contributed by atoms with Crippen LogP contribution in [0.25, 0.3) is 0 Å². The summed E-state index contributed by atoms with van der Waals surface area (Å²) in [5, 5.41) is 9.71. The number of likely N-dealkylation sites (tertiary alicyclic amines) is 1. The van der Waals surface area contributed by atoms with E-state index in [1.807, 2.05) is 0 Å². The molecule has 1 N–H and O–H groups in total. The maximum absolute atomic E-state index is 13.0. The molecule has 0 aromatic heterocycles. The van der Waals surface area contributed by atoms with Crippen LogP contribution in [0.2, 0.25) is 0 Å². The third kappa shape index (κ3) is 2.75. The summed E-state index contributed by atoms with van der Waals surface area (Å²) in [6, 6.07) is 6.86. The molecule has 3 rings (SSSR count). The van der Waals surface area contributed by atoms with Crippen LogP contribution < -0.4 is 0 Å². The number of aliphatic carboxylic acids is 1. The molecular formula is C17H21NO5S. The van der Waals surface area contributed by atoms with Crippen LogP contribution in [0, 0.1) is 11.3 Å². The summed E-state index contributed by atoms with van der Waals surface area (Å²) < 4.78 is 17.6. The molecule has 1 aromatic rings. The summed E-state index contributed by atoms with van der Waals surface area (Å²) in [6.45, 7) is 3.11. The molecule has 0 radical (unpaired) electrons. The lowest BCUT2D eigenvalue weighted by molar-refractivity contribution is -0.157. The van der Waals surface area contributed by atoms with Crippen molar-refractivity contribution in [3.05, 3.63) is 29.8 Å². The first kappa shape index (κ1) is 17.1. The number of amides is 1. The van der Waals surface area contributed by atoms with Crippen molar-refractivity contribution in [1.82, 2.24) is 4.90 Å². The molecule has 0 aliphatic carbocycles. The van der Waals surface area contributed by atoms with E-state index in [9.17, 15) is 18.9 Å². The lowest BCUT2D eigenvalue weighted by Gasteiger charge is -2.33. The molecule has 3 atom stereocenters. The molecule has 6 nitrogen and oxygen atoms in total. The van der Waals surface area contributed by atoms with Gasteiger partial charge in [-0.1, -0.05) is 19.1 Å². The van der Waals surface area contributed by atoms with Crippen molar-refractivity contribution >= 4 is 22.7 Å². The molecule has 2 heterocycles. The van der Waals surface area contributed by atoms with Gasteiger partial charge >= 0.3 is 5.97 Å². The Hall–Kier alpha value is -1.73. The number of fused-ring (bicyclic) bond motifs is 1. The second-order valence-corrected chi connectivity index (χ2v) is 8.01. The molecule has 7 heteroatoms. The third-order valence-corrected chi connectivity index (χ3v) is 6.42. The Morgan fingerprint density at radius 1 is 1.42 bits per heavy atom. The van der Waals surface area contributed by atoms with Crippen LogP contribution in [0.4, 0.5) is 0 Å². The van der Waals surface area contributed by atoms with Crippen molar-refractivity contribution in [3.63, 3.8) is 0 Å². The number of hydrogen-bond donors (Lipinski definition) is 1. The Morgan fingerprint density at radius 2 is 2.17 bits per heavy atom. The fraction of sp³-hybridized carbons (Fsp3) is 0.529. The molecule has 24 heavy (non-hydrogen) atoms. The predicted octanol–water partition coefficient (Wildman–Crippen LogP) is 1.38. The standard InChI is InChI=1S/C17H21NO5S/c1-2-24(22)14-6-4-3-5-13(14)15(19)18-9-12-10-23-8-7-17(12,11-18)16(20)21/h3-6,12H,2,7-11H2,1H3,(H,20,21)/t12-,17+,24?/m0/s1. The zero-order valence-corrected chi connectivity index (χ0v) is 14.4. The summed E-state index contributed by atoms with van der Waals surface area (Å²) >= 11 is 0. The Kier molecular flexibility index (Phi) is 4.73. The lowest BCUT2D eigenvalue weighted by atomic mass is 9.74. The molecule has 2 aliphatic heterocycles. The van der Waals surface area contributed by atoms with Crippen LogP contribution >= 0.6 is 0 Å². The van der Waals surface area contributed by atoms with Gasteiger partial charge in [-0.25, -0.2) is 0 Å². The molecule has 1 aromatic carbocycles. The van der Waals surface area contributed by atoms with Crippen molar-refractivity contribution in [3.8, 4) is 0 Å². The summed E-state index contributed by atoms with van der Waals surface area (Å²) in [5.41, 5.74) is -0.523. The maximum Gasteiger partial charge on any atom is 0.311 e. The summed E-state index contributed by atoms with van der Waals surface area (Å²) in [6.07, 6.45) is 0.416. The van der Waals surface area contributed by atoms with Crippen molar-refractivity contribution < 1.29 is 23.6 Å². The molecule has 0 saturated carbocycles. The SMILES string of the molecule is CCS(=O)c1ccccc1C(=O)N1C[C@H]2COCC[C@@]2(C(=O)O)C1. The van der Waals surface area contributed by atoms with Gasteiger partial charge in [0, 0.05) is 31.4 Å². The van der Waals surface area contributed by atoms with E-state index in [2.05, 4.69) is 0 Å². The van der Waals surface area contributed by atoms with E-state index in [4.69, 9.17) is 4.74 Å². The van der Waals surface area contributed by atoms with Gasteiger partial charge in [-0.2, -0.15) is 0 Å². The van der Waals surface area contributed by atoms with E-state index in [0.29, 0.717) is 42.4 Å². The smallest absolute Gasteiger partial charge is 0.311 e. The summed E-state index contributed by atoms with van der Waals surface area (Å²) in [7, 11) is -1.24. The average molecular weight is 351 g/mol. The first-order valence-corrected chi connectivity index (χ1v) is 9.39. The monoisotopic (exact) mass is 351 g/mol. The Morgan fingerprint density at radius 3 is 2.83 bits per heavy atom. The van der Waals surface area contributed by atoms with Crippen molar-refractivity contribution in [2.75, 3.05) is 32.1 Å². The second-order valence-electron chi connectivity index (χ2n) is 6.30. The van der Waals surface area contributed by atoms with Crippen LogP contribution in [-0.2, 0) is 20.3 Å². The van der Waals surface area contributed by atoms with E-state index in [0.717, 1.165) is 0 Å². The topological polar surface area (TPSA) is 83.9 Å². The fourth-order valence-corrected chi connectivity index (χ4v) is 4.56. The van der Waals surface area contributed by atoms with Crippen LogP contribution in [0.15, 0.2) is 29.2 Å². The first-order valence-electron chi connectivity index (χ1n) is 8.07. The third-order valence-electron chi connectivity index (χ3n) is 5.04. The molecular weight excluding hydrogens is 330 g/mol. The van der Waals surface area contributed by atoms with E-state index >= 15 is 0 Å². The van der Waals surface area contributed by atoms with Crippen LogP contribution in [-0.4, -0.2) is 58.1 Å². The fourth-order valence-electron chi connectivity index (χ4n) is 3.62. The second kappa shape index (κ2) is 6.64. The van der Waals surface area contributed by atoms with E-state index in [1.165, 1.54) is 0 Å². The molecule has 2 fully saturated rings. The molecule has 1 amide bonds. The average Bonchev–Trinajstić information content (AvgIpc) is 3.01. The zero-order valence-electron chi connectivity index (χ0n) is 13.6. The van der Waals surface area contributed by atoms with Crippen LogP contribution in [0.3, 0.4) is 0 Å². The van der Waals surface area contributed by atoms with Gasteiger partial charge < -0.3 is 14.7 Å². The molecule has 0 bridgehead atoms.